The Morgan fingerprint density at radius 1 is 1.50 bits per heavy atom. The molecule has 1 aromatic heterocycles. The van der Waals surface area contributed by atoms with Crippen LogP contribution in [0.25, 0.3) is 6.08 Å². The first-order chi connectivity index (χ1) is 7.06. The van der Waals surface area contributed by atoms with Crippen LogP contribution in [0.1, 0.15) is 5.69 Å². The maximum atomic E-state index is 9.86. The molecule has 0 saturated carbocycles. The Morgan fingerprint density at radius 2 is 2.06 bits per heavy atom. The van der Waals surface area contributed by atoms with Gasteiger partial charge in [-0.15, -0.1) is 0 Å². The first-order valence-corrected chi connectivity index (χ1v) is 3.74. The molecule has 0 unspecified atom stereocenters. The summed E-state index contributed by atoms with van der Waals surface area (Å²) >= 11 is 0. The number of carboxylic acids is 2. The summed E-state index contributed by atoms with van der Waals surface area (Å²) < 4.78 is 0. The zero-order chi connectivity index (χ0) is 11.7. The number of carbonyl (C=O) groups is 2. The number of aromatic nitrogens is 2. The fourth-order valence-corrected chi connectivity index (χ4v) is 0.516. The number of aliphatic hydroxyl groups excluding tert-OH is 1. The number of hydrogen-bond acceptors (Lipinski definition) is 6. The quantitative estimate of drug-likeness (QED) is 0.440. The van der Waals surface area contributed by atoms with Gasteiger partial charge in [0.25, 0.3) is 0 Å². The molecule has 0 amide bonds. The Kier molecular flexibility index (Phi) is 10.4. The molecule has 0 aliphatic heterocycles. The molecular formula is C8H8MnN2O5. The molecule has 0 aromatic carbocycles. The van der Waals surface area contributed by atoms with Crippen LogP contribution >= 0.6 is 0 Å². The molecule has 0 aliphatic carbocycles. The van der Waals surface area contributed by atoms with E-state index in [1.807, 2.05) is 0 Å². The number of aromatic amines is 1. The monoisotopic (exact) mass is 267 g/mol. The molecule has 1 radical (unpaired) electrons. The van der Waals surface area contributed by atoms with Crippen molar-refractivity contribution in [2.75, 3.05) is 6.61 Å². The van der Waals surface area contributed by atoms with Crippen LogP contribution in [0.15, 0.2) is 18.6 Å². The summed E-state index contributed by atoms with van der Waals surface area (Å²) in [5.74, 6) is -2.66. The number of hydrogen-bond donors (Lipinski definition) is 2. The Hall–Kier alpha value is -1.63. The van der Waals surface area contributed by atoms with Crippen LogP contribution in [-0.4, -0.2) is 33.6 Å². The number of aliphatic hydroxyl groups is 1. The van der Waals surface area contributed by atoms with E-state index in [2.05, 4.69) is 9.97 Å². The van der Waals surface area contributed by atoms with Gasteiger partial charge in [0, 0.05) is 6.20 Å². The summed E-state index contributed by atoms with van der Waals surface area (Å²) in [6, 6.07) is 0. The fourth-order valence-electron chi connectivity index (χ4n) is 0.516. The Balaban J connectivity index is 0. The fraction of sp³-hybridized carbons (Fsp3) is 0.125. The van der Waals surface area contributed by atoms with E-state index in [-0.39, 0.29) is 17.1 Å². The van der Waals surface area contributed by atoms with Crippen LogP contribution in [0, 0.1) is 0 Å². The Bertz CT molecular complexity index is 336. The summed E-state index contributed by atoms with van der Waals surface area (Å²) in [6.07, 6.45) is 5.33. The van der Waals surface area contributed by atoms with Crippen molar-refractivity contribution in [1.29, 1.82) is 0 Å². The van der Waals surface area contributed by atoms with Crippen molar-refractivity contribution in [2.45, 2.75) is 0 Å². The van der Waals surface area contributed by atoms with E-state index in [9.17, 15) is 9.90 Å². The van der Waals surface area contributed by atoms with Gasteiger partial charge in [0.05, 0.1) is 30.6 Å². The minimum atomic E-state index is -1.44. The largest absolute Gasteiger partial charge is 2.00 e. The van der Waals surface area contributed by atoms with Crippen molar-refractivity contribution >= 4 is 18.0 Å². The van der Waals surface area contributed by atoms with Crippen molar-refractivity contribution in [3.63, 3.8) is 0 Å². The van der Waals surface area contributed by atoms with E-state index >= 15 is 0 Å². The number of rotatable bonds is 3. The molecule has 0 saturated heterocycles. The predicted octanol–water partition coefficient (Wildman–Crippen LogP) is -3.10. The molecule has 8 heteroatoms. The molecule has 0 atom stereocenters. The maximum Gasteiger partial charge on any atom is 2.00 e. The molecule has 87 valence electrons. The Labute approximate surface area is 101 Å². The maximum absolute atomic E-state index is 9.86. The second-order valence-corrected chi connectivity index (χ2v) is 2.18. The average molecular weight is 267 g/mol. The third-order valence-corrected chi connectivity index (χ3v) is 1.04. The second-order valence-electron chi connectivity index (χ2n) is 2.18. The predicted molar refractivity (Wildman–Crippen MR) is 44.7 cm³/mol. The van der Waals surface area contributed by atoms with E-state index < -0.39 is 18.5 Å². The van der Waals surface area contributed by atoms with Gasteiger partial charge in [-0.25, -0.2) is 4.98 Å². The van der Waals surface area contributed by atoms with Crippen molar-refractivity contribution in [2.24, 2.45) is 0 Å². The molecule has 1 rings (SSSR count). The standard InChI is InChI=1S/C6H6N2O2.C2H4O3.Mn/c9-6(10)2-1-5-3-7-4-8-5;3-1-2(4)5;/h1-4H,(H,7,8)(H,9,10);3H,1H2,(H,4,5);/q;;+2/p-2. The summed E-state index contributed by atoms with van der Waals surface area (Å²) in [6.45, 7) is -0.889. The number of nitrogens with zero attached hydrogens (tertiary/aromatic N) is 1. The second kappa shape index (κ2) is 9.91. The molecule has 0 spiro atoms. The molecule has 16 heavy (non-hydrogen) atoms. The number of aliphatic carboxylic acids is 2. The molecule has 2 N–H and O–H groups in total. The molecule has 1 aromatic rings. The minimum Gasteiger partial charge on any atom is -0.548 e. The molecule has 0 fully saturated rings. The van der Waals surface area contributed by atoms with Crippen LogP contribution in [0.5, 0.6) is 0 Å². The molecular weight excluding hydrogens is 259 g/mol. The van der Waals surface area contributed by atoms with E-state index in [4.69, 9.17) is 15.0 Å². The topological polar surface area (TPSA) is 129 Å². The number of nitrogens with one attached hydrogen (secondary N) is 1. The Morgan fingerprint density at radius 3 is 2.38 bits per heavy atom. The van der Waals surface area contributed by atoms with Crippen molar-refractivity contribution in [3.8, 4) is 0 Å². The summed E-state index contributed by atoms with van der Waals surface area (Å²) in [5.41, 5.74) is 0.573. The van der Waals surface area contributed by atoms with Gasteiger partial charge >= 0.3 is 17.1 Å². The van der Waals surface area contributed by atoms with Crippen LogP contribution in [0.3, 0.4) is 0 Å². The third-order valence-electron chi connectivity index (χ3n) is 1.04. The van der Waals surface area contributed by atoms with Gasteiger partial charge in [-0.1, -0.05) is 0 Å². The van der Waals surface area contributed by atoms with Crippen LogP contribution in [0.2, 0.25) is 0 Å². The molecule has 1 heterocycles. The van der Waals surface area contributed by atoms with Crippen molar-refractivity contribution in [3.05, 3.63) is 24.3 Å². The molecule has 7 nitrogen and oxygen atoms in total. The van der Waals surface area contributed by atoms with Gasteiger partial charge in [-0.05, 0) is 12.2 Å². The van der Waals surface area contributed by atoms with Gasteiger partial charge in [0.1, 0.15) is 0 Å². The number of carbonyl (C=O) groups excluding carboxylic acids is 2. The summed E-state index contributed by atoms with van der Waals surface area (Å²) in [7, 11) is 0. The van der Waals surface area contributed by atoms with Crippen LogP contribution in [-0.2, 0) is 26.7 Å². The van der Waals surface area contributed by atoms with Crippen molar-refractivity contribution < 1.29 is 42.0 Å². The van der Waals surface area contributed by atoms with Gasteiger partial charge in [0.2, 0.25) is 0 Å². The van der Waals surface area contributed by atoms with Crippen molar-refractivity contribution in [1.82, 2.24) is 9.97 Å². The number of H-pyrrole nitrogens is 1. The first kappa shape index (κ1) is 16.8. The normalized spacial score (nSPS) is 8.81. The van der Waals surface area contributed by atoms with Gasteiger partial charge in [-0.2, -0.15) is 0 Å². The molecule has 0 bridgehead atoms. The summed E-state index contributed by atoms with van der Waals surface area (Å²) in [4.78, 5) is 25.3. The average Bonchev–Trinajstić information content (AvgIpc) is 2.68. The first-order valence-electron chi connectivity index (χ1n) is 3.74. The van der Waals surface area contributed by atoms with Crippen LogP contribution in [0.4, 0.5) is 0 Å². The van der Waals surface area contributed by atoms with Gasteiger partial charge in [-0.3, -0.25) is 0 Å². The number of imidazole rings is 1. The zero-order valence-corrected chi connectivity index (χ0v) is 9.10. The van der Waals surface area contributed by atoms with E-state index in [0.29, 0.717) is 5.69 Å². The SMILES string of the molecule is O=C([O-])C=Cc1c[nH]cn1.O=C([O-])CO.[Mn+2]. The summed E-state index contributed by atoms with van der Waals surface area (Å²) in [5, 5.41) is 26.3. The van der Waals surface area contributed by atoms with Crippen LogP contribution < -0.4 is 10.2 Å². The number of carboxylic acid groups (broad SMARTS) is 2. The molecule has 0 aliphatic rings. The van der Waals surface area contributed by atoms with E-state index in [1.165, 1.54) is 12.4 Å². The van der Waals surface area contributed by atoms with Gasteiger partial charge in [0.15, 0.2) is 0 Å². The van der Waals surface area contributed by atoms with E-state index in [0.717, 1.165) is 6.08 Å². The van der Waals surface area contributed by atoms with Gasteiger partial charge < -0.3 is 29.9 Å². The zero-order valence-electron chi connectivity index (χ0n) is 7.92. The smallest absolute Gasteiger partial charge is 0.548 e. The minimum absolute atomic E-state index is 0. The third kappa shape index (κ3) is 10.5. The van der Waals surface area contributed by atoms with E-state index in [1.54, 1.807) is 6.20 Å².